The number of Topliss-reactive ketones (excluding diaryl/α,β-unsaturated/α-hetero) is 2. The predicted octanol–water partition coefficient (Wildman–Crippen LogP) is 3.29. The molecule has 5 heterocycles. The van der Waals surface area contributed by atoms with Crippen LogP contribution in [0.5, 0.6) is 0 Å². The Hall–Kier alpha value is -4.99. The van der Waals surface area contributed by atoms with Gasteiger partial charge in [0.2, 0.25) is 5.91 Å². The monoisotopic (exact) mass is 611 g/mol. The molecular formula is C28H25F4N9O3. The fourth-order valence-electron chi connectivity index (χ4n) is 5.27. The first-order valence-corrected chi connectivity index (χ1v) is 13.5. The first-order chi connectivity index (χ1) is 20.8. The average Bonchev–Trinajstić information content (AvgIpc) is 3.72. The number of fused-ring (bicyclic) bond motifs is 2. The van der Waals surface area contributed by atoms with Gasteiger partial charge in [-0.3, -0.25) is 29.1 Å². The van der Waals surface area contributed by atoms with Crippen molar-refractivity contribution < 1.29 is 31.9 Å². The van der Waals surface area contributed by atoms with Crippen molar-refractivity contribution in [3.05, 3.63) is 60.3 Å². The Kier molecular flexibility index (Phi) is 7.23. The lowest BCUT2D eigenvalue weighted by Crippen LogP contribution is -2.44. The molecule has 44 heavy (non-hydrogen) atoms. The predicted molar refractivity (Wildman–Crippen MR) is 149 cm³/mol. The minimum absolute atomic E-state index is 0.136. The second-order valence-electron chi connectivity index (χ2n) is 10.6. The number of ketones is 2. The van der Waals surface area contributed by atoms with Crippen molar-refractivity contribution >= 4 is 39.8 Å². The van der Waals surface area contributed by atoms with Crippen molar-refractivity contribution in [2.24, 2.45) is 0 Å². The number of benzene rings is 1. The zero-order chi connectivity index (χ0) is 31.3. The van der Waals surface area contributed by atoms with Gasteiger partial charge in [0.25, 0.3) is 0 Å². The fourth-order valence-corrected chi connectivity index (χ4v) is 5.27. The topological polar surface area (TPSA) is 141 Å². The second-order valence-corrected chi connectivity index (χ2v) is 10.6. The zero-order valence-corrected chi connectivity index (χ0v) is 23.3. The third-order valence-corrected chi connectivity index (χ3v) is 7.26. The van der Waals surface area contributed by atoms with Crippen LogP contribution in [0, 0.1) is 6.92 Å². The highest BCUT2D eigenvalue weighted by molar-refractivity contribution is 6.06. The van der Waals surface area contributed by atoms with E-state index in [0.717, 1.165) is 23.0 Å². The molecule has 1 fully saturated rings. The molecule has 1 aromatic carbocycles. The van der Waals surface area contributed by atoms with Gasteiger partial charge >= 0.3 is 6.18 Å². The van der Waals surface area contributed by atoms with E-state index >= 15 is 0 Å². The van der Waals surface area contributed by atoms with Gasteiger partial charge in [0.05, 0.1) is 17.3 Å². The van der Waals surface area contributed by atoms with E-state index < -0.39 is 42.7 Å². The van der Waals surface area contributed by atoms with Gasteiger partial charge in [-0.2, -0.15) is 28.5 Å². The molecule has 0 bridgehead atoms. The summed E-state index contributed by atoms with van der Waals surface area (Å²) in [6.07, 6.45) is -1.98. The van der Waals surface area contributed by atoms with E-state index in [4.69, 9.17) is 0 Å². The summed E-state index contributed by atoms with van der Waals surface area (Å²) in [6.45, 7) is 1.50. The summed E-state index contributed by atoms with van der Waals surface area (Å²) >= 11 is 0. The van der Waals surface area contributed by atoms with Crippen LogP contribution in [-0.2, 0) is 22.7 Å². The normalized spacial score (nSPS) is 18.7. The number of anilines is 1. The second kappa shape index (κ2) is 10.9. The minimum atomic E-state index is -4.49. The summed E-state index contributed by atoms with van der Waals surface area (Å²) in [5, 5.41) is 17.9. The van der Waals surface area contributed by atoms with Crippen LogP contribution in [0.25, 0.3) is 27.7 Å². The van der Waals surface area contributed by atoms with Gasteiger partial charge in [-0.05, 0) is 24.6 Å². The molecule has 2 N–H and O–H groups in total. The molecule has 0 saturated carbocycles. The summed E-state index contributed by atoms with van der Waals surface area (Å²) in [5.41, 5.74) is 3.60. The molecule has 1 unspecified atom stereocenters. The number of nitrogens with zero attached hydrogens (tertiary/aromatic N) is 7. The highest BCUT2D eigenvalue weighted by Crippen LogP contribution is 2.28. The van der Waals surface area contributed by atoms with E-state index in [1.54, 1.807) is 28.9 Å². The number of aromatic nitrogens is 7. The summed E-state index contributed by atoms with van der Waals surface area (Å²) < 4.78 is 56.3. The van der Waals surface area contributed by atoms with E-state index in [0.29, 0.717) is 21.2 Å². The Morgan fingerprint density at radius 1 is 1.09 bits per heavy atom. The van der Waals surface area contributed by atoms with Gasteiger partial charge in [-0.15, -0.1) is 0 Å². The smallest absolute Gasteiger partial charge is 0.308 e. The van der Waals surface area contributed by atoms with Crippen LogP contribution in [0.1, 0.15) is 29.5 Å². The van der Waals surface area contributed by atoms with Crippen molar-refractivity contribution in [1.82, 2.24) is 39.5 Å². The third kappa shape index (κ3) is 5.79. The molecule has 5 aromatic rings. The Labute approximate surface area is 246 Å². The van der Waals surface area contributed by atoms with Crippen molar-refractivity contribution in [3.8, 4) is 11.1 Å². The lowest BCUT2D eigenvalue weighted by molar-refractivity contribution is -0.142. The van der Waals surface area contributed by atoms with E-state index in [9.17, 15) is 31.9 Å². The zero-order valence-electron chi connectivity index (χ0n) is 23.3. The number of hydrogen-bond acceptors (Lipinski definition) is 8. The maximum atomic E-state index is 15.0. The fraction of sp³-hybridized carbons (Fsp3) is 0.321. The summed E-state index contributed by atoms with van der Waals surface area (Å²) in [5.74, 6) is -1.81. The van der Waals surface area contributed by atoms with Crippen molar-refractivity contribution in [2.45, 2.75) is 57.8 Å². The maximum absolute atomic E-state index is 15.0. The highest BCUT2D eigenvalue weighted by Gasteiger charge is 2.41. The first-order valence-electron chi connectivity index (χ1n) is 13.5. The number of nitrogens with one attached hydrogen (secondary N) is 2. The van der Waals surface area contributed by atoms with Gasteiger partial charge < -0.3 is 5.32 Å². The van der Waals surface area contributed by atoms with E-state index in [1.807, 2.05) is 19.2 Å². The Morgan fingerprint density at radius 3 is 2.64 bits per heavy atom. The summed E-state index contributed by atoms with van der Waals surface area (Å²) in [4.78, 5) is 42.8. The molecule has 12 nitrogen and oxygen atoms in total. The molecule has 228 valence electrons. The minimum Gasteiger partial charge on any atom is -0.308 e. The number of carbonyl (C=O) groups excluding carboxylic acids is 3. The number of alkyl halides is 4. The van der Waals surface area contributed by atoms with Gasteiger partial charge in [0.1, 0.15) is 31.0 Å². The van der Waals surface area contributed by atoms with Crippen molar-refractivity contribution in [3.63, 3.8) is 0 Å². The van der Waals surface area contributed by atoms with Crippen LogP contribution in [0.15, 0.2) is 48.9 Å². The third-order valence-electron chi connectivity index (χ3n) is 7.26. The first kappa shape index (κ1) is 29.1. The molecule has 0 spiro atoms. The van der Waals surface area contributed by atoms with Crippen molar-refractivity contribution in [1.29, 1.82) is 0 Å². The summed E-state index contributed by atoms with van der Waals surface area (Å²) in [6, 6.07) is 5.82. The molecule has 1 aliphatic heterocycles. The average molecular weight is 612 g/mol. The van der Waals surface area contributed by atoms with Crippen LogP contribution >= 0.6 is 0 Å². The summed E-state index contributed by atoms with van der Waals surface area (Å²) in [7, 11) is 0. The number of carbonyl (C=O) groups is 3. The molecule has 0 aliphatic carbocycles. The van der Waals surface area contributed by atoms with Crippen molar-refractivity contribution in [2.75, 3.05) is 5.32 Å². The van der Waals surface area contributed by atoms with E-state index in [1.165, 1.54) is 17.7 Å². The molecule has 1 amide bonds. The number of rotatable bonds is 8. The molecule has 4 aromatic heterocycles. The molecule has 1 aliphatic rings. The number of halogens is 4. The van der Waals surface area contributed by atoms with Crippen LogP contribution in [0.4, 0.5) is 23.4 Å². The van der Waals surface area contributed by atoms with Gasteiger partial charge in [-0.25, -0.2) is 13.9 Å². The van der Waals surface area contributed by atoms with Crippen LogP contribution < -0.4 is 10.6 Å². The van der Waals surface area contributed by atoms with Crippen LogP contribution in [0.3, 0.4) is 0 Å². The Bertz CT molecular complexity index is 1930. The van der Waals surface area contributed by atoms with Crippen LogP contribution in [0.2, 0.25) is 0 Å². The number of aryl methyl sites for hydroxylation is 1. The lowest BCUT2D eigenvalue weighted by Gasteiger charge is -2.14. The SMILES string of the molecule is CC(=O)c1nn(CC(=O)C2N[C@H](C(=O)Nc3ccn(CC(F)(F)F)n3)C[C@H]2F)c2ccc(-c3cnc4cc(C)nn4c3)cc12. The van der Waals surface area contributed by atoms with Gasteiger partial charge in [-0.1, -0.05) is 6.07 Å². The van der Waals surface area contributed by atoms with Gasteiger partial charge in [0, 0.05) is 55.0 Å². The molecule has 6 rings (SSSR count). The maximum Gasteiger partial charge on any atom is 0.408 e. The number of amides is 1. The molecule has 0 radical (unpaired) electrons. The Balaban J connectivity index is 1.18. The molecule has 1 saturated heterocycles. The van der Waals surface area contributed by atoms with Crippen LogP contribution in [-0.4, -0.2) is 76.1 Å². The largest absolute Gasteiger partial charge is 0.408 e. The highest BCUT2D eigenvalue weighted by atomic mass is 19.4. The molecule has 3 atom stereocenters. The van der Waals surface area contributed by atoms with E-state index in [2.05, 4.69) is 30.9 Å². The van der Waals surface area contributed by atoms with Gasteiger partial charge in [0.15, 0.2) is 23.0 Å². The molecule has 16 heteroatoms. The number of hydrogen-bond donors (Lipinski definition) is 2. The molecular weight excluding hydrogens is 586 g/mol. The quantitative estimate of drug-likeness (QED) is 0.201. The lowest BCUT2D eigenvalue weighted by atomic mass is 10.0. The Morgan fingerprint density at radius 2 is 1.89 bits per heavy atom. The van der Waals surface area contributed by atoms with E-state index in [-0.39, 0.29) is 30.3 Å². The standard InChI is InChI=1S/C28H25F4N9O3/c1-14-7-24-33-10-17(11-41(24)36-14)16-3-4-21-18(8-16)25(15(2)42)38-40(21)12-22(43)26-19(29)9-20(34-26)27(44)35-23-5-6-39(37-23)13-28(30,31)32/h3-8,10-11,19-20,26,34H,9,12-13H2,1-2H3,(H,35,37,44)/t19-,20+,26?/m1/s1.